The lowest BCUT2D eigenvalue weighted by Crippen LogP contribution is -2.30. The highest BCUT2D eigenvalue weighted by molar-refractivity contribution is 7.09. The van der Waals surface area contributed by atoms with Gasteiger partial charge in [-0.25, -0.2) is 0 Å². The summed E-state index contributed by atoms with van der Waals surface area (Å²) in [4.78, 5) is 12.6. The molecule has 6 heteroatoms. The molecule has 1 saturated heterocycles. The summed E-state index contributed by atoms with van der Waals surface area (Å²) in [6.07, 6.45) is 8.87. The lowest BCUT2D eigenvalue weighted by molar-refractivity contribution is 0.121. The van der Waals surface area contributed by atoms with Crippen molar-refractivity contribution in [2.45, 2.75) is 13.0 Å². The maximum Gasteiger partial charge on any atom is 0.0794 e. The molecule has 120 valence electrons. The summed E-state index contributed by atoms with van der Waals surface area (Å²) >= 11 is 1.72. The van der Waals surface area contributed by atoms with Gasteiger partial charge in [-0.05, 0) is 18.6 Å². The van der Waals surface area contributed by atoms with Crippen LogP contribution in [0.1, 0.15) is 10.6 Å². The summed E-state index contributed by atoms with van der Waals surface area (Å²) < 4.78 is 7.97. The third-order valence-electron chi connectivity index (χ3n) is 4.30. The van der Waals surface area contributed by atoms with Gasteiger partial charge in [0.1, 0.15) is 0 Å². The fourth-order valence-electron chi connectivity index (χ4n) is 3.22. The van der Waals surface area contributed by atoms with Gasteiger partial charge in [0.05, 0.1) is 29.9 Å². The fraction of sp³-hybridized carbons (Fsp3) is 0.412. The highest BCUT2D eigenvalue weighted by atomic mass is 32.1. The molecule has 5 nitrogen and oxygen atoms in total. The molecule has 4 rings (SSSR count). The summed E-state index contributed by atoms with van der Waals surface area (Å²) in [6, 6.07) is 4.20. The fourth-order valence-corrected chi connectivity index (χ4v) is 3.86. The van der Waals surface area contributed by atoms with Gasteiger partial charge in [-0.15, -0.1) is 11.3 Å². The number of hydrogen-bond acceptors (Lipinski definition) is 5. The molecule has 4 heterocycles. The Kier molecular flexibility index (Phi) is 4.37. The van der Waals surface area contributed by atoms with Crippen LogP contribution < -0.4 is 0 Å². The van der Waals surface area contributed by atoms with Crippen LogP contribution in [0.4, 0.5) is 0 Å². The molecule has 0 amide bonds. The Morgan fingerprint density at radius 2 is 2.35 bits per heavy atom. The molecule has 23 heavy (non-hydrogen) atoms. The number of aromatic nitrogens is 3. The SMILES string of the molecule is c1cc2c(C[C@@H]3COCCN(Cc4cncs4)C3)nccn2c1. The lowest BCUT2D eigenvalue weighted by atomic mass is 10.0. The van der Waals surface area contributed by atoms with E-state index in [1.165, 1.54) is 10.4 Å². The van der Waals surface area contributed by atoms with Crippen LogP contribution in [0.25, 0.3) is 5.52 Å². The van der Waals surface area contributed by atoms with Crippen molar-refractivity contribution in [2.24, 2.45) is 5.92 Å². The molecule has 1 aliphatic heterocycles. The van der Waals surface area contributed by atoms with Crippen molar-refractivity contribution in [2.75, 3.05) is 26.3 Å². The van der Waals surface area contributed by atoms with E-state index in [4.69, 9.17) is 4.74 Å². The van der Waals surface area contributed by atoms with Crippen LogP contribution in [0.5, 0.6) is 0 Å². The molecule has 0 saturated carbocycles. The monoisotopic (exact) mass is 328 g/mol. The molecular weight excluding hydrogens is 308 g/mol. The number of rotatable bonds is 4. The quantitative estimate of drug-likeness (QED) is 0.738. The molecule has 0 radical (unpaired) electrons. The predicted octanol–water partition coefficient (Wildman–Crippen LogP) is 2.48. The van der Waals surface area contributed by atoms with E-state index in [1.54, 1.807) is 11.3 Å². The van der Waals surface area contributed by atoms with Gasteiger partial charge in [-0.1, -0.05) is 0 Å². The van der Waals surface area contributed by atoms with Gasteiger partial charge >= 0.3 is 0 Å². The Balaban J connectivity index is 1.48. The third kappa shape index (κ3) is 3.44. The molecular formula is C17H20N4OS. The van der Waals surface area contributed by atoms with E-state index in [-0.39, 0.29) is 0 Å². The molecule has 0 N–H and O–H groups in total. The first kappa shape index (κ1) is 14.8. The average Bonchev–Trinajstić information content (AvgIpc) is 3.18. The Bertz CT molecular complexity index is 755. The van der Waals surface area contributed by atoms with E-state index >= 15 is 0 Å². The maximum absolute atomic E-state index is 5.83. The summed E-state index contributed by atoms with van der Waals surface area (Å²) in [6.45, 7) is 4.60. The normalized spacial score (nSPS) is 19.9. The zero-order chi connectivity index (χ0) is 15.5. The minimum Gasteiger partial charge on any atom is -0.380 e. The van der Waals surface area contributed by atoms with Crippen molar-refractivity contribution in [3.8, 4) is 0 Å². The number of ether oxygens (including phenoxy) is 1. The molecule has 1 atom stereocenters. The predicted molar refractivity (Wildman–Crippen MR) is 90.6 cm³/mol. The van der Waals surface area contributed by atoms with Crippen LogP contribution in [-0.2, 0) is 17.7 Å². The van der Waals surface area contributed by atoms with Crippen molar-refractivity contribution in [3.63, 3.8) is 0 Å². The van der Waals surface area contributed by atoms with Crippen LogP contribution in [0.3, 0.4) is 0 Å². The first-order valence-electron chi connectivity index (χ1n) is 7.96. The molecule has 0 spiro atoms. The highest BCUT2D eigenvalue weighted by Gasteiger charge is 2.21. The standard InChI is InChI=1S/C17H20N4OS/c1-2-17-16(19-3-5-21(17)4-1)8-14-10-20(6-7-22-12-14)11-15-9-18-13-23-15/h1-5,9,13-14H,6-8,10-12H2/t14-/m0/s1. The summed E-state index contributed by atoms with van der Waals surface area (Å²) in [7, 11) is 0. The zero-order valence-corrected chi connectivity index (χ0v) is 13.8. The van der Waals surface area contributed by atoms with Crippen LogP contribution in [0.2, 0.25) is 0 Å². The molecule has 0 bridgehead atoms. The number of fused-ring (bicyclic) bond motifs is 1. The van der Waals surface area contributed by atoms with Gasteiger partial charge in [-0.3, -0.25) is 14.9 Å². The largest absolute Gasteiger partial charge is 0.380 e. The van der Waals surface area contributed by atoms with E-state index in [0.717, 1.165) is 45.0 Å². The lowest BCUT2D eigenvalue weighted by Gasteiger charge is -2.22. The molecule has 3 aromatic rings. The molecule has 0 aromatic carbocycles. The number of nitrogens with zero attached hydrogens (tertiary/aromatic N) is 4. The van der Waals surface area contributed by atoms with Gasteiger partial charge in [0.15, 0.2) is 0 Å². The van der Waals surface area contributed by atoms with Crippen LogP contribution in [-0.4, -0.2) is 45.6 Å². The van der Waals surface area contributed by atoms with Crippen molar-refractivity contribution in [1.82, 2.24) is 19.3 Å². The van der Waals surface area contributed by atoms with Crippen molar-refractivity contribution < 1.29 is 4.74 Å². The van der Waals surface area contributed by atoms with E-state index in [2.05, 4.69) is 37.6 Å². The minimum atomic E-state index is 0.471. The second-order valence-electron chi connectivity index (χ2n) is 6.02. The first-order valence-corrected chi connectivity index (χ1v) is 8.84. The average molecular weight is 328 g/mol. The Morgan fingerprint density at radius 1 is 1.35 bits per heavy atom. The Morgan fingerprint density at radius 3 is 3.26 bits per heavy atom. The van der Waals surface area contributed by atoms with E-state index in [9.17, 15) is 0 Å². The molecule has 3 aromatic heterocycles. The third-order valence-corrected chi connectivity index (χ3v) is 5.06. The zero-order valence-electron chi connectivity index (χ0n) is 13.0. The molecule has 0 aliphatic carbocycles. The second kappa shape index (κ2) is 6.78. The first-order chi connectivity index (χ1) is 11.4. The van der Waals surface area contributed by atoms with Gasteiger partial charge in [0, 0.05) is 55.2 Å². The number of hydrogen-bond donors (Lipinski definition) is 0. The van der Waals surface area contributed by atoms with Gasteiger partial charge in [0.2, 0.25) is 0 Å². The Hall–Kier alpha value is -1.76. The van der Waals surface area contributed by atoms with E-state index in [1.807, 2.05) is 24.1 Å². The van der Waals surface area contributed by atoms with Crippen LogP contribution in [0.15, 0.2) is 42.4 Å². The van der Waals surface area contributed by atoms with Crippen molar-refractivity contribution in [3.05, 3.63) is 53.0 Å². The van der Waals surface area contributed by atoms with Crippen LogP contribution in [0, 0.1) is 5.92 Å². The second-order valence-corrected chi connectivity index (χ2v) is 6.99. The van der Waals surface area contributed by atoms with Gasteiger partial charge in [-0.2, -0.15) is 0 Å². The smallest absolute Gasteiger partial charge is 0.0794 e. The van der Waals surface area contributed by atoms with Gasteiger partial charge < -0.3 is 9.14 Å². The highest BCUT2D eigenvalue weighted by Crippen LogP contribution is 2.19. The van der Waals surface area contributed by atoms with Crippen molar-refractivity contribution in [1.29, 1.82) is 0 Å². The van der Waals surface area contributed by atoms with E-state index in [0.29, 0.717) is 5.92 Å². The van der Waals surface area contributed by atoms with Crippen LogP contribution >= 0.6 is 11.3 Å². The van der Waals surface area contributed by atoms with Gasteiger partial charge in [0.25, 0.3) is 0 Å². The molecule has 0 unspecified atom stereocenters. The van der Waals surface area contributed by atoms with E-state index < -0.39 is 0 Å². The summed E-state index contributed by atoms with van der Waals surface area (Å²) in [5, 5.41) is 0. The maximum atomic E-state index is 5.83. The molecule has 1 aliphatic rings. The number of thiazole rings is 1. The minimum absolute atomic E-state index is 0.471. The molecule has 1 fully saturated rings. The Labute approximate surface area is 139 Å². The summed E-state index contributed by atoms with van der Waals surface area (Å²) in [5.41, 5.74) is 4.26. The topological polar surface area (TPSA) is 42.7 Å². The van der Waals surface area contributed by atoms with Crippen molar-refractivity contribution >= 4 is 16.9 Å². The summed E-state index contributed by atoms with van der Waals surface area (Å²) in [5.74, 6) is 0.471.